The number of allylic oxidation sites excluding steroid dienone is 1. The van der Waals surface area contributed by atoms with Gasteiger partial charge in [-0.25, -0.2) is 0 Å². The topological polar surface area (TPSA) is 114 Å². The highest BCUT2D eigenvalue weighted by molar-refractivity contribution is 7.82. The number of Topliss-reactive ketones (excluding diaryl/α,β-unsaturated/α-hetero) is 2. The van der Waals surface area contributed by atoms with E-state index in [9.17, 15) is 14.4 Å². The van der Waals surface area contributed by atoms with Crippen molar-refractivity contribution < 1.29 is 23.9 Å². The number of carbonyl (C=O) groups is 3. The normalized spacial score (nSPS) is 32.6. The van der Waals surface area contributed by atoms with Gasteiger partial charge < -0.3 is 14.3 Å². The Morgan fingerprint density at radius 1 is 0.779 bits per heavy atom. The highest BCUT2D eigenvalue weighted by Crippen LogP contribution is 2.67. The number of ether oxygens (including phenoxy) is 2. The average molecular weight is 990 g/mol. The third-order valence-electron chi connectivity index (χ3n) is 17.4. The predicted molar refractivity (Wildman–Crippen MR) is 299 cm³/mol. The lowest BCUT2D eigenvalue weighted by atomic mass is 9.44. The third kappa shape index (κ3) is 21.5. The molecule has 2 heterocycles. The van der Waals surface area contributed by atoms with Gasteiger partial charge in [0.05, 0.1) is 24.1 Å². The molecular formula is C59H108N2O5S2. The van der Waals surface area contributed by atoms with E-state index in [4.69, 9.17) is 9.47 Å². The van der Waals surface area contributed by atoms with Crippen LogP contribution in [0.3, 0.4) is 0 Å². The summed E-state index contributed by atoms with van der Waals surface area (Å²) in [5.41, 5.74) is 0.841. The van der Waals surface area contributed by atoms with Gasteiger partial charge in [-0.2, -0.15) is 12.6 Å². The Morgan fingerprint density at radius 3 is 1.93 bits per heavy atom. The molecule has 0 amide bonds. The maximum absolute atomic E-state index is 12.2. The summed E-state index contributed by atoms with van der Waals surface area (Å²) >= 11 is 8.89. The van der Waals surface area contributed by atoms with Crippen LogP contribution >= 0.6 is 25.3 Å². The van der Waals surface area contributed by atoms with Crippen LogP contribution in [0.1, 0.15) is 216 Å². The molecule has 6 fully saturated rings. The minimum atomic E-state index is -0.316. The molecule has 2 aliphatic heterocycles. The first-order chi connectivity index (χ1) is 32.6. The summed E-state index contributed by atoms with van der Waals surface area (Å²) in [4.78, 5) is 34.5. The number of unbranched alkanes of at least 4 members (excludes halogenated alkanes) is 8. The Kier molecular flexibility index (Phi) is 32.6. The molecule has 0 radical (unpaired) electrons. The number of rotatable bonds is 26. The molecule has 4 saturated carbocycles. The lowest BCUT2D eigenvalue weighted by Gasteiger charge is -2.61. The zero-order valence-corrected chi connectivity index (χ0v) is 47.4. The highest BCUT2D eigenvalue weighted by atomic mass is 32.1. The molecule has 0 aromatic heterocycles. The molecule has 4 aliphatic carbocycles. The van der Waals surface area contributed by atoms with Gasteiger partial charge in [-0.15, -0.1) is 45.5 Å². The van der Waals surface area contributed by atoms with Gasteiger partial charge in [0.25, 0.3) is 0 Å². The summed E-state index contributed by atoms with van der Waals surface area (Å²) < 4.78 is 11.4. The second-order valence-electron chi connectivity index (χ2n) is 21.8. The molecule has 13 unspecified atom stereocenters. The molecule has 0 bridgehead atoms. The van der Waals surface area contributed by atoms with Crippen molar-refractivity contribution >= 4 is 43.1 Å². The molecule has 2 N–H and O–H groups in total. The van der Waals surface area contributed by atoms with Crippen LogP contribution in [0, 0.1) is 58.2 Å². The molecule has 6 aliphatic rings. The highest BCUT2D eigenvalue weighted by Gasteiger charge is 2.60. The van der Waals surface area contributed by atoms with E-state index < -0.39 is 0 Å². The molecule has 9 heteroatoms. The Labute approximate surface area is 431 Å². The van der Waals surface area contributed by atoms with E-state index in [1.54, 1.807) is 0 Å². The van der Waals surface area contributed by atoms with Crippen molar-refractivity contribution in [3.63, 3.8) is 0 Å². The maximum atomic E-state index is 12.2. The minimum Gasteiger partial charge on any atom is -0.381 e. The van der Waals surface area contributed by atoms with Crippen LogP contribution in [-0.4, -0.2) is 60.7 Å². The second kappa shape index (κ2) is 34.2. The van der Waals surface area contributed by atoms with Crippen molar-refractivity contribution in [2.75, 3.05) is 26.8 Å². The van der Waals surface area contributed by atoms with E-state index in [0.717, 1.165) is 94.6 Å². The molecule has 0 aromatic carbocycles. The number of ketones is 2. The Balaban J connectivity index is 0.000000493. The monoisotopic (exact) mass is 989 g/mol. The Bertz CT molecular complexity index is 1380. The lowest BCUT2D eigenvalue weighted by molar-refractivity contribution is -0.140. The van der Waals surface area contributed by atoms with E-state index >= 15 is 0 Å². The second-order valence-corrected chi connectivity index (χ2v) is 23.3. The third-order valence-corrected chi connectivity index (χ3v) is 18.3. The number of nitrogens with one attached hydrogen (secondary N) is 2. The quantitative estimate of drug-likeness (QED) is 0.0170. The average Bonchev–Trinajstić information content (AvgIpc) is 4.25. The SMILES string of the molecule is C=C.C=C.C=CC(C)CCCCCCCCC(C)C(=O)CCCCCC=O.CC.CCC(CCC1(S)CN1)COC1(S)CN1.COC1CCC2(C)C(CCC3C2CCC2(C)C(C(C)=O)CCC32)C1. The molecule has 0 aromatic rings. The molecular weight excluding hydrogens is 881 g/mol. The number of aldehydes is 1. The van der Waals surface area contributed by atoms with Crippen LogP contribution in [0.25, 0.3) is 0 Å². The van der Waals surface area contributed by atoms with E-state index in [-0.39, 0.29) is 15.8 Å². The summed E-state index contributed by atoms with van der Waals surface area (Å²) in [6, 6.07) is 0. The Morgan fingerprint density at radius 2 is 1.37 bits per heavy atom. The molecule has 396 valence electrons. The van der Waals surface area contributed by atoms with E-state index in [1.165, 1.54) is 103 Å². The van der Waals surface area contributed by atoms with Crippen LogP contribution in [0.4, 0.5) is 0 Å². The molecule has 2 saturated heterocycles. The molecule has 0 spiro atoms. The fraction of sp³-hybridized carbons (Fsp3) is 0.847. The van der Waals surface area contributed by atoms with Crippen LogP contribution in [0.15, 0.2) is 39.0 Å². The van der Waals surface area contributed by atoms with Crippen LogP contribution in [0.5, 0.6) is 0 Å². The fourth-order valence-electron chi connectivity index (χ4n) is 12.5. The van der Waals surface area contributed by atoms with E-state index in [0.29, 0.717) is 59.1 Å². The van der Waals surface area contributed by atoms with Crippen molar-refractivity contribution in [3.8, 4) is 0 Å². The van der Waals surface area contributed by atoms with Gasteiger partial charge in [-0.1, -0.05) is 106 Å². The van der Waals surface area contributed by atoms with Crippen molar-refractivity contribution in [2.24, 2.45) is 58.2 Å². The van der Waals surface area contributed by atoms with E-state index in [1.807, 2.05) is 34.0 Å². The van der Waals surface area contributed by atoms with Gasteiger partial charge in [0.2, 0.25) is 0 Å². The largest absolute Gasteiger partial charge is 0.381 e. The summed E-state index contributed by atoms with van der Waals surface area (Å²) in [6.07, 6.45) is 33.0. The smallest absolute Gasteiger partial charge is 0.177 e. The zero-order chi connectivity index (χ0) is 51.4. The molecule has 68 heavy (non-hydrogen) atoms. The first-order valence-corrected chi connectivity index (χ1v) is 28.7. The summed E-state index contributed by atoms with van der Waals surface area (Å²) in [5.74, 6) is 6.17. The Hall–Kier alpha value is -1.23. The van der Waals surface area contributed by atoms with Gasteiger partial charge in [-0.3, -0.25) is 20.2 Å². The van der Waals surface area contributed by atoms with Gasteiger partial charge >= 0.3 is 0 Å². The zero-order valence-electron chi connectivity index (χ0n) is 45.6. The van der Waals surface area contributed by atoms with Crippen LogP contribution < -0.4 is 10.6 Å². The lowest BCUT2D eigenvalue weighted by Crippen LogP contribution is -2.54. The predicted octanol–water partition coefficient (Wildman–Crippen LogP) is 15.4. The standard InChI is InChI=1S/C22H36O2.C21H38O2.C10H20N2OS2.C2H6.2C2H4/c1-14(23)18-7-8-19-17-6-5-15-13-16(24-4)9-11-21(15,2)20(17)10-12-22(18,19)3;1-4-19(2)15-11-7-5-6-8-12-16-20(3)21(23)17-13-9-10-14-18-22;1-2-8(3-4-9(14)6-11-9)5-13-10(15)7-12-10;3*1-2/h15-20H,5-13H2,1-4H3;4,18-20H,1,5-17H2,2-3H3;8,11-12,14-15H,2-7H2,1H3;1-2H3;2*1-2H2. The van der Waals surface area contributed by atoms with Gasteiger partial charge in [-0.05, 0) is 150 Å². The number of hydrogen-bond donors (Lipinski definition) is 4. The van der Waals surface area contributed by atoms with Crippen molar-refractivity contribution in [1.82, 2.24) is 10.6 Å². The number of thiol groups is 2. The van der Waals surface area contributed by atoms with Crippen molar-refractivity contribution in [3.05, 3.63) is 39.0 Å². The summed E-state index contributed by atoms with van der Waals surface area (Å²) in [5, 5.41) is 6.04. The number of carbonyl (C=O) groups excluding carboxylic acids is 3. The molecule has 7 nitrogen and oxygen atoms in total. The van der Waals surface area contributed by atoms with Crippen LogP contribution in [-0.2, 0) is 23.9 Å². The summed E-state index contributed by atoms with van der Waals surface area (Å²) in [7, 11) is 1.89. The first kappa shape index (κ1) is 64.8. The number of fused-ring (bicyclic) bond motifs is 5. The maximum Gasteiger partial charge on any atom is 0.177 e. The molecule has 13 atom stereocenters. The first-order valence-electron chi connectivity index (χ1n) is 27.8. The van der Waals surface area contributed by atoms with Gasteiger partial charge in [0.1, 0.15) is 17.9 Å². The van der Waals surface area contributed by atoms with Crippen molar-refractivity contribution in [1.29, 1.82) is 0 Å². The summed E-state index contributed by atoms with van der Waals surface area (Å²) in [6.45, 7) is 36.0. The van der Waals surface area contributed by atoms with Crippen molar-refractivity contribution in [2.45, 2.75) is 232 Å². The van der Waals surface area contributed by atoms with Crippen LogP contribution in [0.2, 0.25) is 0 Å². The molecule has 6 rings (SSSR count). The van der Waals surface area contributed by atoms with Gasteiger partial charge in [0.15, 0.2) is 5.06 Å². The van der Waals surface area contributed by atoms with E-state index in [2.05, 4.69) is 103 Å². The number of methoxy groups -OCH3 is 1. The number of hydrogen-bond acceptors (Lipinski definition) is 9. The van der Waals surface area contributed by atoms with Gasteiger partial charge in [0, 0.05) is 38.3 Å². The fourth-order valence-corrected chi connectivity index (χ4v) is 12.9. The minimum absolute atomic E-state index is 0.129.